The van der Waals surface area contributed by atoms with Gasteiger partial charge in [0.1, 0.15) is 12.1 Å². The molecule has 32 heavy (non-hydrogen) atoms. The Morgan fingerprint density at radius 1 is 1.06 bits per heavy atom. The van der Waals surface area contributed by atoms with Crippen molar-refractivity contribution >= 4 is 29.7 Å². The van der Waals surface area contributed by atoms with Crippen LogP contribution in [0.3, 0.4) is 0 Å². The minimum absolute atomic E-state index is 0.0368. The molecule has 0 radical (unpaired) electrons. The smallest absolute Gasteiger partial charge is 0.328 e. The molecule has 0 saturated heterocycles. The Labute approximate surface area is 187 Å². The second-order valence-corrected chi connectivity index (χ2v) is 6.72. The number of rotatable bonds is 11. The lowest BCUT2D eigenvalue weighted by molar-refractivity contribution is -0.147. The van der Waals surface area contributed by atoms with Gasteiger partial charge in [-0.2, -0.15) is 0 Å². The van der Waals surface area contributed by atoms with Crippen LogP contribution in [0.25, 0.3) is 0 Å². The fourth-order valence-corrected chi connectivity index (χ4v) is 2.57. The molecule has 0 fully saturated rings. The average Bonchev–Trinajstić information content (AvgIpc) is 2.69. The van der Waals surface area contributed by atoms with Crippen molar-refractivity contribution in [3.8, 4) is 0 Å². The summed E-state index contributed by atoms with van der Waals surface area (Å²) in [6.45, 7) is 4.63. The molecule has 2 atom stereocenters. The van der Waals surface area contributed by atoms with Crippen LogP contribution in [-0.4, -0.2) is 60.1 Å². The molecular weight excluding hydrogens is 418 g/mol. The van der Waals surface area contributed by atoms with E-state index in [2.05, 4.69) is 15.6 Å². The number of hydrogen-bond acceptors (Lipinski definition) is 6. The van der Waals surface area contributed by atoms with Gasteiger partial charge in [-0.1, -0.05) is 30.3 Å². The summed E-state index contributed by atoms with van der Waals surface area (Å²) in [5, 5.41) is 12.7. The number of esters is 1. The number of nitrogens with one attached hydrogen (secondary N) is 2. The van der Waals surface area contributed by atoms with E-state index in [1.54, 1.807) is 6.92 Å². The minimum Gasteiger partial charge on any atom is -0.481 e. The number of carboxylic acids is 1. The summed E-state index contributed by atoms with van der Waals surface area (Å²) < 4.78 is 5.04. The average molecular weight is 452 g/mol. The third-order valence-corrected chi connectivity index (χ3v) is 3.81. The number of amides is 2. The number of ether oxygens (including phenoxy) is 1. The van der Waals surface area contributed by atoms with Crippen molar-refractivity contribution in [3.63, 3.8) is 0 Å². The van der Waals surface area contributed by atoms with Crippen LogP contribution in [-0.2, 0) is 30.3 Å². The van der Waals surface area contributed by atoms with E-state index in [0.29, 0.717) is 25.8 Å². The highest BCUT2D eigenvalue weighted by molar-refractivity contribution is 5.90. The zero-order valence-corrected chi connectivity index (χ0v) is 18.7. The first-order chi connectivity index (χ1) is 15.1. The Balaban J connectivity index is 0.00000220. The van der Waals surface area contributed by atoms with Crippen molar-refractivity contribution < 1.29 is 29.0 Å². The molecule has 1 rings (SSSR count). The molecule has 0 aromatic heterocycles. The molecule has 0 bridgehead atoms. The van der Waals surface area contributed by atoms with E-state index in [4.69, 9.17) is 26.1 Å². The molecule has 11 heteroatoms. The van der Waals surface area contributed by atoms with Crippen LogP contribution in [0.15, 0.2) is 35.3 Å². The van der Waals surface area contributed by atoms with Crippen molar-refractivity contribution in [2.75, 3.05) is 13.2 Å². The van der Waals surface area contributed by atoms with E-state index in [-0.39, 0.29) is 18.5 Å². The Bertz CT molecular complexity index is 761. The quantitative estimate of drug-likeness (QED) is 0.134. The summed E-state index contributed by atoms with van der Waals surface area (Å²) in [6, 6.07) is 7.62. The first-order valence-electron chi connectivity index (χ1n) is 10.1. The van der Waals surface area contributed by atoms with Gasteiger partial charge in [0, 0.05) is 26.8 Å². The Morgan fingerprint density at radius 2 is 1.66 bits per heavy atom. The third kappa shape index (κ3) is 14.4. The van der Waals surface area contributed by atoms with E-state index in [1.807, 2.05) is 30.3 Å². The maximum atomic E-state index is 12.7. The van der Waals surface area contributed by atoms with Gasteiger partial charge >= 0.3 is 5.97 Å². The summed E-state index contributed by atoms with van der Waals surface area (Å²) in [4.78, 5) is 49.3. The molecule has 178 valence electrons. The van der Waals surface area contributed by atoms with Crippen molar-refractivity contribution in [2.24, 2.45) is 16.5 Å². The predicted octanol–water partition coefficient (Wildman–Crippen LogP) is -0.0738. The molecule has 0 aliphatic carbocycles. The molecule has 7 N–H and O–H groups in total. The summed E-state index contributed by atoms with van der Waals surface area (Å²) in [6.07, 6.45) is 1.08. The largest absolute Gasteiger partial charge is 0.481 e. The SMILES string of the molecule is CC(=O)O.CCOC(=O)[C@H](CCCN=C(N)N)NC(=O)[C@H](Cc1ccccc1)NC(C)=O. The van der Waals surface area contributed by atoms with Gasteiger partial charge in [-0.3, -0.25) is 19.4 Å². The van der Waals surface area contributed by atoms with Crippen LogP contribution in [0.2, 0.25) is 0 Å². The molecule has 1 aromatic carbocycles. The Kier molecular flexibility index (Phi) is 14.3. The first kappa shape index (κ1) is 28.4. The Hall–Kier alpha value is -3.63. The van der Waals surface area contributed by atoms with Gasteiger partial charge in [0.2, 0.25) is 11.8 Å². The molecular formula is C21H33N5O6. The van der Waals surface area contributed by atoms with Gasteiger partial charge in [-0.15, -0.1) is 0 Å². The van der Waals surface area contributed by atoms with Gasteiger partial charge < -0.3 is 31.9 Å². The highest BCUT2D eigenvalue weighted by Gasteiger charge is 2.27. The van der Waals surface area contributed by atoms with Crippen LogP contribution in [0.4, 0.5) is 0 Å². The fraction of sp³-hybridized carbons (Fsp3) is 0.476. The predicted molar refractivity (Wildman–Crippen MR) is 120 cm³/mol. The van der Waals surface area contributed by atoms with Gasteiger partial charge in [0.05, 0.1) is 6.61 Å². The number of hydrogen-bond donors (Lipinski definition) is 5. The minimum atomic E-state index is -0.853. The maximum absolute atomic E-state index is 12.7. The van der Waals surface area contributed by atoms with Crippen molar-refractivity contribution in [1.29, 1.82) is 0 Å². The zero-order chi connectivity index (χ0) is 24.5. The van der Waals surface area contributed by atoms with E-state index in [9.17, 15) is 14.4 Å². The zero-order valence-electron chi connectivity index (χ0n) is 18.7. The number of aliphatic carboxylic acids is 1. The number of carbonyl (C=O) groups is 4. The van der Waals surface area contributed by atoms with Crippen LogP contribution in [0.1, 0.15) is 39.2 Å². The van der Waals surface area contributed by atoms with Gasteiger partial charge in [-0.25, -0.2) is 4.79 Å². The number of carboxylic acid groups (broad SMARTS) is 1. The van der Waals surface area contributed by atoms with Gasteiger partial charge in [0.25, 0.3) is 5.97 Å². The van der Waals surface area contributed by atoms with Crippen molar-refractivity contribution in [3.05, 3.63) is 35.9 Å². The molecule has 0 aliphatic heterocycles. The first-order valence-corrected chi connectivity index (χ1v) is 10.1. The lowest BCUT2D eigenvalue weighted by Gasteiger charge is -2.22. The number of aliphatic imine (C=N–C) groups is 1. The van der Waals surface area contributed by atoms with Crippen LogP contribution in [0, 0.1) is 0 Å². The van der Waals surface area contributed by atoms with Crippen molar-refractivity contribution in [2.45, 2.75) is 52.1 Å². The summed E-state index contributed by atoms with van der Waals surface area (Å²) in [5.74, 6) is -2.21. The third-order valence-electron chi connectivity index (χ3n) is 3.81. The highest BCUT2D eigenvalue weighted by atomic mass is 16.5. The van der Waals surface area contributed by atoms with Crippen molar-refractivity contribution in [1.82, 2.24) is 10.6 Å². The van der Waals surface area contributed by atoms with Gasteiger partial charge in [0.15, 0.2) is 5.96 Å². The molecule has 0 saturated carbocycles. The topological polar surface area (TPSA) is 186 Å². The molecule has 11 nitrogen and oxygen atoms in total. The maximum Gasteiger partial charge on any atom is 0.328 e. The molecule has 2 amide bonds. The van der Waals surface area contributed by atoms with Gasteiger partial charge in [-0.05, 0) is 25.3 Å². The molecule has 0 aliphatic rings. The number of nitrogens with two attached hydrogens (primary N) is 2. The Morgan fingerprint density at radius 3 is 2.16 bits per heavy atom. The fourth-order valence-electron chi connectivity index (χ4n) is 2.57. The van der Waals surface area contributed by atoms with Crippen LogP contribution >= 0.6 is 0 Å². The second-order valence-electron chi connectivity index (χ2n) is 6.72. The highest BCUT2D eigenvalue weighted by Crippen LogP contribution is 2.06. The van der Waals surface area contributed by atoms with Crippen LogP contribution < -0.4 is 22.1 Å². The summed E-state index contributed by atoms with van der Waals surface area (Å²) >= 11 is 0. The van der Waals surface area contributed by atoms with E-state index >= 15 is 0 Å². The lowest BCUT2D eigenvalue weighted by atomic mass is 10.0. The normalized spacial score (nSPS) is 11.6. The molecule has 1 aromatic rings. The van der Waals surface area contributed by atoms with E-state index in [0.717, 1.165) is 12.5 Å². The molecule has 0 spiro atoms. The lowest BCUT2D eigenvalue weighted by Crippen LogP contribution is -2.52. The monoisotopic (exact) mass is 451 g/mol. The number of carbonyl (C=O) groups excluding carboxylic acids is 3. The molecule has 0 heterocycles. The molecule has 0 unspecified atom stereocenters. The standard InChI is InChI=1S/C19H29N5O4.C2H4O2/c1-3-28-18(27)15(10-7-11-22-19(20)21)24-17(26)16(23-13(2)25)12-14-8-5-4-6-9-14;1-2(3)4/h4-6,8-9,15-16H,3,7,10-12H2,1-2H3,(H,23,25)(H,24,26)(H4,20,21,22);1H3,(H,3,4)/t15-,16-;/m0./s1. The summed E-state index contributed by atoms with van der Waals surface area (Å²) in [7, 11) is 0. The second kappa shape index (κ2) is 16.1. The van der Waals surface area contributed by atoms with E-state index < -0.39 is 29.9 Å². The summed E-state index contributed by atoms with van der Waals surface area (Å²) in [5.41, 5.74) is 11.5. The van der Waals surface area contributed by atoms with Crippen LogP contribution in [0.5, 0.6) is 0 Å². The number of benzene rings is 1. The van der Waals surface area contributed by atoms with E-state index in [1.165, 1.54) is 6.92 Å². The number of nitrogens with zero attached hydrogens (tertiary/aromatic N) is 1. The number of guanidine groups is 1.